The first kappa shape index (κ1) is 28.2. The van der Waals surface area contributed by atoms with E-state index >= 15 is 0 Å². The van der Waals surface area contributed by atoms with E-state index in [-0.39, 0.29) is 17.7 Å². The molecule has 5 rings (SSSR count). The second kappa shape index (κ2) is 12.0. The number of carbonyl (C=O) groups excluding carboxylic acids is 1. The molecule has 0 radical (unpaired) electrons. The number of benzene rings is 3. The Kier molecular flexibility index (Phi) is 8.47. The zero-order valence-corrected chi connectivity index (χ0v) is 24.6. The standard InChI is InChI=1S/C30H23Cl3N2O4S/c1-3-38-29(37)26-17(2)34-30-35(27(26)22-6-4-5-7-23(22)33)28(36)25(40-30)15-19-14-21(32)12-13-24(19)39-16-18-8-10-20(31)11-9-18/h4-15,27H,3,16H2,1-2H3/b25-15-/t27-/m0/s1. The Bertz CT molecular complexity index is 1810. The van der Waals surface area contributed by atoms with Crippen LogP contribution in [-0.2, 0) is 16.1 Å². The molecule has 40 heavy (non-hydrogen) atoms. The van der Waals surface area contributed by atoms with Crippen molar-refractivity contribution in [3.05, 3.63) is 129 Å². The monoisotopic (exact) mass is 612 g/mol. The summed E-state index contributed by atoms with van der Waals surface area (Å²) in [6, 6.07) is 18.9. The number of halogens is 3. The van der Waals surface area contributed by atoms with E-state index in [0.29, 0.717) is 53.6 Å². The van der Waals surface area contributed by atoms with Crippen LogP contribution in [0, 0.1) is 0 Å². The van der Waals surface area contributed by atoms with Crippen molar-refractivity contribution in [1.29, 1.82) is 0 Å². The largest absolute Gasteiger partial charge is 0.488 e. The Hall–Kier alpha value is -3.36. The van der Waals surface area contributed by atoms with Gasteiger partial charge < -0.3 is 9.47 Å². The number of aromatic nitrogens is 1. The molecular weight excluding hydrogens is 591 g/mol. The minimum absolute atomic E-state index is 0.183. The lowest BCUT2D eigenvalue weighted by molar-refractivity contribution is -0.139. The molecule has 1 aromatic heterocycles. The van der Waals surface area contributed by atoms with Gasteiger partial charge in [-0.1, -0.05) is 76.5 Å². The summed E-state index contributed by atoms with van der Waals surface area (Å²) in [5, 5.41) is 1.56. The Labute approximate surface area is 249 Å². The van der Waals surface area contributed by atoms with Gasteiger partial charge in [-0.2, -0.15) is 0 Å². The van der Waals surface area contributed by atoms with Gasteiger partial charge in [0.15, 0.2) is 4.80 Å². The van der Waals surface area contributed by atoms with Crippen LogP contribution in [-0.4, -0.2) is 17.1 Å². The summed E-state index contributed by atoms with van der Waals surface area (Å²) in [7, 11) is 0. The van der Waals surface area contributed by atoms with Crippen molar-refractivity contribution in [2.45, 2.75) is 26.5 Å². The second-order valence-corrected chi connectivity index (χ2v) is 11.2. The van der Waals surface area contributed by atoms with Gasteiger partial charge in [0.05, 0.1) is 22.4 Å². The number of nitrogens with zero attached hydrogens (tertiary/aromatic N) is 2. The van der Waals surface area contributed by atoms with Gasteiger partial charge in [-0.3, -0.25) is 9.36 Å². The number of carbonyl (C=O) groups is 1. The van der Waals surface area contributed by atoms with Crippen LogP contribution in [0.2, 0.25) is 15.1 Å². The normalized spacial score (nSPS) is 15.0. The summed E-state index contributed by atoms with van der Waals surface area (Å²) >= 11 is 20.1. The van der Waals surface area contributed by atoms with Gasteiger partial charge in [0.2, 0.25) is 0 Å². The van der Waals surface area contributed by atoms with E-state index in [1.54, 1.807) is 68.5 Å². The van der Waals surface area contributed by atoms with E-state index in [2.05, 4.69) is 4.99 Å². The van der Waals surface area contributed by atoms with Crippen molar-refractivity contribution in [3.63, 3.8) is 0 Å². The molecule has 0 spiro atoms. The van der Waals surface area contributed by atoms with Gasteiger partial charge in [-0.15, -0.1) is 0 Å². The highest BCUT2D eigenvalue weighted by Crippen LogP contribution is 2.34. The third kappa shape index (κ3) is 5.74. The van der Waals surface area contributed by atoms with Crippen LogP contribution in [0.25, 0.3) is 6.08 Å². The number of fused-ring (bicyclic) bond motifs is 1. The van der Waals surface area contributed by atoms with Gasteiger partial charge in [-0.05, 0) is 67.4 Å². The van der Waals surface area contributed by atoms with Crippen molar-refractivity contribution in [1.82, 2.24) is 4.57 Å². The number of thiazole rings is 1. The summed E-state index contributed by atoms with van der Waals surface area (Å²) in [5.41, 5.74) is 2.57. The topological polar surface area (TPSA) is 69.9 Å². The average molecular weight is 614 g/mol. The number of ether oxygens (including phenoxy) is 2. The summed E-state index contributed by atoms with van der Waals surface area (Å²) in [4.78, 5) is 32.1. The first-order chi connectivity index (χ1) is 19.3. The number of hydrogen-bond acceptors (Lipinski definition) is 6. The molecule has 0 unspecified atom stereocenters. The summed E-state index contributed by atoms with van der Waals surface area (Å²) in [6.45, 7) is 3.94. The molecule has 4 aromatic rings. The molecule has 6 nitrogen and oxygen atoms in total. The van der Waals surface area contributed by atoms with Crippen LogP contribution in [0.15, 0.2) is 87.8 Å². The molecule has 0 saturated carbocycles. The maximum Gasteiger partial charge on any atom is 0.338 e. The van der Waals surface area contributed by atoms with Crippen LogP contribution < -0.4 is 19.6 Å². The third-order valence-corrected chi connectivity index (χ3v) is 8.10. The summed E-state index contributed by atoms with van der Waals surface area (Å²) in [6.07, 6.45) is 1.72. The fourth-order valence-electron chi connectivity index (χ4n) is 4.43. The van der Waals surface area contributed by atoms with Gasteiger partial charge in [0, 0.05) is 20.6 Å². The molecule has 204 valence electrons. The molecule has 0 N–H and O–H groups in total. The summed E-state index contributed by atoms with van der Waals surface area (Å²) in [5.74, 6) is 0.00640. The lowest BCUT2D eigenvalue weighted by atomic mass is 9.96. The van der Waals surface area contributed by atoms with Crippen LogP contribution in [0.3, 0.4) is 0 Å². The number of esters is 1. The molecule has 0 fully saturated rings. The van der Waals surface area contributed by atoms with E-state index in [1.807, 2.05) is 18.2 Å². The molecule has 0 aliphatic carbocycles. The van der Waals surface area contributed by atoms with Crippen LogP contribution in [0.4, 0.5) is 0 Å². The maximum atomic E-state index is 13.9. The highest BCUT2D eigenvalue weighted by molar-refractivity contribution is 7.07. The van der Waals surface area contributed by atoms with E-state index in [0.717, 1.165) is 5.56 Å². The zero-order valence-electron chi connectivity index (χ0n) is 21.5. The highest BCUT2D eigenvalue weighted by Gasteiger charge is 2.34. The van der Waals surface area contributed by atoms with Crippen LogP contribution in [0.1, 0.15) is 36.6 Å². The second-order valence-electron chi connectivity index (χ2n) is 8.92. The van der Waals surface area contributed by atoms with E-state index < -0.39 is 12.0 Å². The molecule has 1 aliphatic heterocycles. The molecule has 3 aromatic carbocycles. The van der Waals surface area contributed by atoms with Crippen molar-refractivity contribution in [2.75, 3.05) is 6.61 Å². The quantitative estimate of drug-likeness (QED) is 0.228. The molecule has 10 heteroatoms. The minimum atomic E-state index is -0.800. The van der Waals surface area contributed by atoms with E-state index in [4.69, 9.17) is 44.3 Å². The van der Waals surface area contributed by atoms with Gasteiger partial charge in [0.1, 0.15) is 18.4 Å². The van der Waals surface area contributed by atoms with Gasteiger partial charge in [-0.25, -0.2) is 9.79 Å². The Balaban J connectivity index is 1.63. The lowest BCUT2D eigenvalue weighted by Crippen LogP contribution is -2.40. The lowest BCUT2D eigenvalue weighted by Gasteiger charge is -2.25. The van der Waals surface area contributed by atoms with E-state index in [9.17, 15) is 9.59 Å². The first-order valence-corrected chi connectivity index (χ1v) is 14.3. The predicted molar refractivity (Wildman–Crippen MR) is 159 cm³/mol. The number of allylic oxidation sites excluding steroid dienone is 1. The Morgan fingerprint density at radius 3 is 2.50 bits per heavy atom. The first-order valence-electron chi connectivity index (χ1n) is 12.4. The van der Waals surface area contributed by atoms with Gasteiger partial charge in [0.25, 0.3) is 5.56 Å². The molecule has 1 atom stereocenters. The minimum Gasteiger partial charge on any atom is -0.488 e. The fourth-order valence-corrected chi connectivity index (χ4v) is 6.01. The smallest absolute Gasteiger partial charge is 0.338 e. The van der Waals surface area contributed by atoms with Crippen molar-refractivity contribution < 1.29 is 14.3 Å². The molecule has 0 amide bonds. The Morgan fingerprint density at radius 1 is 1.05 bits per heavy atom. The fraction of sp³-hybridized carbons (Fsp3) is 0.167. The highest BCUT2D eigenvalue weighted by atomic mass is 35.5. The molecule has 2 heterocycles. The van der Waals surface area contributed by atoms with Crippen molar-refractivity contribution in [3.8, 4) is 5.75 Å². The SMILES string of the molecule is CCOC(=O)C1=C(C)N=c2s/c(=C\c3cc(Cl)ccc3OCc3ccc(Cl)cc3)c(=O)n2[C@H]1c1ccccc1Cl. The molecule has 0 saturated heterocycles. The average Bonchev–Trinajstić information content (AvgIpc) is 3.23. The van der Waals surface area contributed by atoms with Gasteiger partial charge >= 0.3 is 5.97 Å². The number of hydrogen-bond donors (Lipinski definition) is 0. The maximum absolute atomic E-state index is 13.9. The molecule has 1 aliphatic rings. The zero-order chi connectivity index (χ0) is 28.4. The number of rotatable bonds is 7. The Morgan fingerprint density at radius 2 is 1.77 bits per heavy atom. The molecule has 0 bridgehead atoms. The predicted octanol–water partition coefficient (Wildman–Crippen LogP) is 6.34. The third-order valence-electron chi connectivity index (χ3n) is 6.28. The van der Waals surface area contributed by atoms with Crippen molar-refractivity contribution >= 4 is 58.2 Å². The van der Waals surface area contributed by atoms with Crippen molar-refractivity contribution in [2.24, 2.45) is 4.99 Å². The molecular formula is C30H23Cl3N2O4S. The van der Waals surface area contributed by atoms with Crippen LogP contribution >= 0.6 is 46.1 Å². The van der Waals surface area contributed by atoms with Crippen LogP contribution in [0.5, 0.6) is 5.75 Å². The summed E-state index contributed by atoms with van der Waals surface area (Å²) < 4.78 is 13.3. The van der Waals surface area contributed by atoms with E-state index in [1.165, 1.54) is 15.9 Å².